The van der Waals surface area contributed by atoms with Crippen molar-refractivity contribution in [3.05, 3.63) is 27.2 Å². The summed E-state index contributed by atoms with van der Waals surface area (Å²) in [4.78, 5) is 0. The first-order chi connectivity index (χ1) is 5.82. The van der Waals surface area contributed by atoms with Crippen molar-refractivity contribution in [1.82, 2.24) is 0 Å². The minimum atomic E-state index is -4.48. The molecule has 0 radical (unpaired) electrons. The largest absolute Gasteiger partial charge is 0.506 e. The first kappa shape index (κ1) is 10.7. The van der Waals surface area contributed by atoms with Crippen LogP contribution in [-0.2, 0) is 6.18 Å². The van der Waals surface area contributed by atoms with Crippen LogP contribution in [0.5, 0.6) is 5.75 Å². The third-order valence-electron chi connectivity index (χ3n) is 1.34. The summed E-state index contributed by atoms with van der Waals surface area (Å²) in [6, 6.07) is 1.38. The average molecular weight is 275 g/mol. The maximum Gasteiger partial charge on any atom is 0.416 e. The van der Waals surface area contributed by atoms with Gasteiger partial charge >= 0.3 is 6.18 Å². The Hall–Kier alpha value is -0.420. The Labute approximate surface area is 85.3 Å². The summed E-state index contributed by atoms with van der Waals surface area (Å²) in [5.41, 5.74) is -0.943. The monoisotopic (exact) mass is 274 g/mol. The van der Waals surface area contributed by atoms with E-state index in [2.05, 4.69) is 15.9 Å². The van der Waals surface area contributed by atoms with E-state index in [9.17, 15) is 13.2 Å². The molecule has 1 rings (SSSR count). The standard InChI is InChI=1S/C7H3BrClF3O/c8-4-1-3(7(10,11)12)2-5(13)6(4)9/h1-2,13H. The molecule has 0 aliphatic heterocycles. The summed E-state index contributed by atoms with van der Waals surface area (Å²) in [6.45, 7) is 0. The van der Waals surface area contributed by atoms with E-state index in [0.29, 0.717) is 6.07 Å². The number of hydrogen-bond donors (Lipinski definition) is 1. The zero-order valence-electron chi connectivity index (χ0n) is 5.99. The Kier molecular flexibility index (Phi) is 2.77. The van der Waals surface area contributed by atoms with Crippen LogP contribution in [0.25, 0.3) is 0 Å². The molecule has 0 fully saturated rings. The van der Waals surface area contributed by atoms with E-state index in [1.165, 1.54) is 0 Å². The smallest absolute Gasteiger partial charge is 0.416 e. The normalized spacial score (nSPS) is 11.8. The summed E-state index contributed by atoms with van der Waals surface area (Å²) in [5.74, 6) is -0.594. The second-order valence-corrected chi connectivity index (χ2v) is 3.52. The maximum atomic E-state index is 12.1. The van der Waals surface area contributed by atoms with E-state index in [4.69, 9.17) is 16.7 Å². The number of benzene rings is 1. The fourth-order valence-corrected chi connectivity index (χ4v) is 1.30. The first-order valence-corrected chi connectivity index (χ1v) is 4.24. The molecule has 6 heteroatoms. The van der Waals surface area contributed by atoms with E-state index in [1.54, 1.807) is 0 Å². The molecule has 0 heterocycles. The number of phenolic OH excluding ortho intramolecular Hbond substituents is 1. The highest BCUT2D eigenvalue weighted by Crippen LogP contribution is 2.38. The molecule has 0 bridgehead atoms. The van der Waals surface area contributed by atoms with Crippen molar-refractivity contribution in [2.45, 2.75) is 6.18 Å². The van der Waals surface area contributed by atoms with Gasteiger partial charge < -0.3 is 5.11 Å². The van der Waals surface area contributed by atoms with Crippen LogP contribution in [0.15, 0.2) is 16.6 Å². The van der Waals surface area contributed by atoms with Gasteiger partial charge in [-0.1, -0.05) is 11.6 Å². The molecule has 1 aromatic rings. The number of phenols is 1. The van der Waals surface area contributed by atoms with Gasteiger partial charge in [0.25, 0.3) is 0 Å². The van der Waals surface area contributed by atoms with E-state index < -0.39 is 17.5 Å². The van der Waals surface area contributed by atoms with Gasteiger partial charge in [-0.3, -0.25) is 0 Å². The van der Waals surface area contributed by atoms with Crippen LogP contribution < -0.4 is 0 Å². The Morgan fingerprint density at radius 3 is 2.23 bits per heavy atom. The molecule has 72 valence electrons. The summed E-state index contributed by atoms with van der Waals surface area (Å²) in [7, 11) is 0. The fraction of sp³-hybridized carbons (Fsp3) is 0.143. The van der Waals surface area contributed by atoms with Gasteiger partial charge in [-0.05, 0) is 28.1 Å². The van der Waals surface area contributed by atoms with Gasteiger partial charge in [-0.2, -0.15) is 13.2 Å². The van der Waals surface area contributed by atoms with Gasteiger partial charge in [0, 0.05) is 4.47 Å². The maximum absolute atomic E-state index is 12.1. The zero-order chi connectivity index (χ0) is 10.2. The molecule has 0 amide bonds. The van der Waals surface area contributed by atoms with Crippen LogP contribution in [-0.4, -0.2) is 5.11 Å². The van der Waals surface area contributed by atoms with Gasteiger partial charge in [0.15, 0.2) is 0 Å². The molecular formula is C7H3BrClF3O. The molecule has 13 heavy (non-hydrogen) atoms. The highest BCUT2D eigenvalue weighted by atomic mass is 79.9. The van der Waals surface area contributed by atoms with Gasteiger partial charge in [-0.15, -0.1) is 0 Å². The molecule has 0 aliphatic carbocycles. The van der Waals surface area contributed by atoms with Crippen LogP contribution in [0.4, 0.5) is 13.2 Å². The molecular weight excluding hydrogens is 272 g/mol. The fourth-order valence-electron chi connectivity index (χ4n) is 0.738. The lowest BCUT2D eigenvalue weighted by Crippen LogP contribution is -2.04. The van der Waals surface area contributed by atoms with Crippen LogP contribution in [0.2, 0.25) is 5.02 Å². The van der Waals surface area contributed by atoms with Crippen molar-refractivity contribution >= 4 is 27.5 Å². The summed E-state index contributed by atoms with van der Waals surface area (Å²) in [6.07, 6.45) is -4.48. The van der Waals surface area contributed by atoms with Crippen LogP contribution in [0.3, 0.4) is 0 Å². The van der Waals surface area contributed by atoms with Gasteiger partial charge in [0.2, 0.25) is 0 Å². The predicted octanol–water partition coefficient (Wildman–Crippen LogP) is 3.83. The highest BCUT2D eigenvalue weighted by Gasteiger charge is 2.31. The quantitative estimate of drug-likeness (QED) is 0.763. The van der Waals surface area contributed by atoms with Crippen molar-refractivity contribution in [2.24, 2.45) is 0 Å². The lowest BCUT2D eigenvalue weighted by Gasteiger charge is -2.08. The molecule has 0 spiro atoms. The van der Waals surface area contributed by atoms with E-state index in [-0.39, 0.29) is 9.50 Å². The van der Waals surface area contributed by atoms with Crippen LogP contribution in [0.1, 0.15) is 5.56 Å². The Morgan fingerprint density at radius 1 is 1.31 bits per heavy atom. The second kappa shape index (κ2) is 3.38. The van der Waals surface area contributed by atoms with Crippen molar-refractivity contribution in [3.8, 4) is 5.75 Å². The molecule has 0 aromatic heterocycles. The topological polar surface area (TPSA) is 20.2 Å². The Morgan fingerprint density at radius 2 is 1.85 bits per heavy atom. The predicted molar refractivity (Wildman–Crippen MR) is 45.8 cm³/mol. The zero-order valence-corrected chi connectivity index (χ0v) is 8.33. The summed E-state index contributed by atoms with van der Waals surface area (Å²) >= 11 is 8.23. The van der Waals surface area contributed by atoms with Crippen LogP contribution >= 0.6 is 27.5 Å². The molecule has 0 aliphatic rings. The number of hydrogen-bond acceptors (Lipinski definition) is 1. The lowest BCUT2D eigenvalue weighted by molar-refractivity contribution is -0.137. The Bertz CT molecular complexity index is 314. The Balaban J connectivity index is 3.29. The number of halogens is 5. The van der Waals surface area contributed by atoms with Crippen molar-refractivity contribution in [3.63, 3.8) is 0 Å². The number of alkyl halides is 3. The second-order valence-electron chi connectivity index (χ2n) is 2.29. The van der Waals surface area contributed by atoms with Crippen LogP contribution in [0, 0.1) is 0 Å². The minimum absolute atomic E-state index is 0.0153. The SMILES string of the molecule is Oc1cc(C(F)(F)F)cc(Br)c1Cl. The highest BCUT2D eigenvalue weighted by molar-refractivity contribution is 9.10. The van der Waals surface area contributed by atoms with E-state index in [0.717, 1.165) is 6.07 Å². The van der Waals surface area contributed by atoms with Crippen molar-refractivity contribution < 1.29 is 18.3 Å². The minimum Gasteiger partial charge on any atom is -0.506 e. The summed E-state index contributed by atoms with van der Waals surface area (Å²) in [5, 5.41) is 8.85. The molecule has 0 atom stereocenters. The van der Waals surface area contributed by atoms with Crippen molar-refractivity contribution in [2.75, 3.05) is 0 Å². The molecule has 1 aromatic carbocycles. The molecule has 0 saturated heterocycles. The molecule has 1 N–H and O–H groups in total. The lowest BCUT2D eigenvalue weighted by atomic mass is 10.2. The van der Waals surface area contributed by atoms with Gasteiger partial charge in [-0.25, -0.2) is 0 Å². The third-order valence-corrected chi connectivity index (χ3v) is 2.59. The van der Waals surface area contributed by atoms with Gasteiger partial charge in [0.05, 0.1) is 10.6 Å². The first-order valence-electron chi connectivity index (χ1n) is 3.07. The average Bonchev–Trinajstić information content (AvgIpc) is 1.97. The number of aromatic hydroxyl groups is 1. The van der Waals surface area contributed by atoms with E-state index in [1.807, 2.05) is 0 Å². The third kappa shape index (κ3) is 2.28. The summed E-state index contributed by atoms with van der Waals surface area (Å²) < 4.78 is 36.3. The van der Waals surface area contributed by atoms with Gasteiger partial charge in [0.1, 0.15) is 5.75 Å². The van der Waals surface area contributed by atoms with Crippen molar-refractivity contribution in [1.29, 1.82) is 0 Å². The molecule has 1 nitrogen and oxygen atoms in total. The number of rotatable bonds is 0. The molecule has 0 unspecified atom stereocenters. The van der Waals surface area contributed by atoms with E-state index >= 15 is 0 Å². The molecule has 0 saturated carbocycles.